The summed E-state index contributed by atoms with van der Waals surface area (Å²) in [5, 5.41) is 21.4. The molecule has 0 aromatic rings. The molecule has 3 saturated heterocycles. The summed E-state index contributed by atoms with van der Waals surface area (Å²) in [6, 6.07) is -0.188. The molecule has 6 atom stereocenters. The van der Waals surface area contributed by atoms with E-state index in [0.29, 0.717) is 6.10 Å². The minimum atomic E-state index is -1.10. The minimum Gasteiger partial charge on any atom is -0.388 e. The van der Waals surface area contributed by atoms with Gasteiger partial charge in [-0.15, -0.1) is 0 Å². The highest BCUT2D eigenvalue weighted by Gasteiger charge is 2.65. The maximum atomic E-state index is 10.7. The van der Waals surface area contributed by atoms with Crippen molar-refractivity contribution in [1.29, 1.82) is 0 Å². The van der Waals surface area contributed by atoms with E-state index in [4.69, 9.17) is 4.74 Å². The highest BCUT2D eigenvalue weighted by Crippen LogP contribution is 2.47. The zero-order chi connectivity index (χ0) is 14.8. The van der Waals surface area contributed by atoms with Gasteiger partial charge in [0.1, 0.15) is 17.8 Å². The van der Waals surface area contributed by atoms with Crippen molar-refractivity contribution in [3.05, 3.63) is 23.8 Å². The van der Waals surface area contributed by atoms with Gasteiger partial charge in [-0.3, -0.25) is 4.90 Å². The molecule has 21 heavy (non-hydrogen) atoms. The van der Waals surface area contributed by atoms with Crippen LogP contribution in [-0.2, 0) is 4.74 Å². The van der Waals surface area contributed by atoms with Gasteiger partial charge < -0.3 is 14.9 Å². The summed E-state index contributed by atoms with van der Waals surface area (Å²) in [5.41, 5.74) is 0.0721. The van der Waals surface area contributed by atoms with E-state index in [1.165, 1.54) is 18.4 Å². The average molecular weight is 291 g/mol. The molecule has 4 heteroatoms. The number of allylic oxidation sites excluding steroid dienone is 3. The summed E-state index contributed by atoms with van der Waals surface area (Å²) >= 11 is 0. The van der Waals surface area contributed by atoms with Crippen LogP contribution in [0.5, 0.6) is 0 Å². The first-order valence-corrected chi connectivity index (χ1v) is 8.17. The molecule has 1 saturated carbocycles. The SMILES string of the molecule is CC(/C=C/C1CC1)=C\[C@@H]1[C@@H](O)[C@](C)(O)[C@@H]2[C@H]3O[C@H]3CCN12. The molecular weight excluding hydrogens is 266 g/mol. The number of hydrogen-bond donors (Lipinski definition) is 2. The molecule has 116 valence electrons. The molecule has 0 aromatic heterocycles. The van der Waals surface area contributed by atoms with Crippen molar-refractivity contribution in [3.63, 3.8) is 0 Å². The van der Waals surface area contributed by atoms with Crippen LogP contribution < -0.4 is 0 Å². The van der Waals surface area contributed by atoms with Crippen LogP contribution in [0.2, 0.25) is 0 Å². The fraction of sp³-hybridized carbons (Fsp3) is 0.765. The lowest BCUT2D eigenvalue weighted by atomic mass is 9.88. The second-order valence-electron chi connectivity index (χ2n) is 7.38. The zero-order valence-corrected chi connectivity index (χ0v) is 12.8. The van der Waals surface area contributed by atoms with Crippen LogP contribution in [0.1, 0.15) is 33.1 Å². The first-order chi connectivity index (χ1) is 9.98. The molecular formula is C17H25NO3. The third-order valence-electron chi connectivity index (χ3n) is 5.55. The minimum absolute atomic E-state index is 0.0762. The Bertz CT molecular complexity index is 494. The van der Waals surface area contributed by atoms with Gasteiger partial charge >= 0.3 is 0 Å². The van der Waals surface area contributed by atoms with Gasteiger partial charge in [-0.2, -0.15) is 0 Å². The van der Waals surface area contributed by atoms with E-state index in [0.717, 1.165) is 18.9 Å². The Morgan fingerprint density at radius 2 is 2.10 bits per heavy atom. The summed E-state index contributed by atoms with van der Waals surface area (Å²) in [6.45, 7) is 4.72. The second kappa shape index (κ2) is 4.66. The maximum Gasteiger partial charge on any atom is 0.108 e. The number of hydrogen-bond acceptors (Lipinski definition) is 4. The third kappa shape index (κ3) is 2.29. The standard InChI is InChI=1S/C17H25NO3/c1-10(3-4-11-5-6-11)9-12-16(19)17(2,20)15-14-13(21-14)7-8-18(12)15/h3-4,9,11-16,19-20H,5-8H2,1-2H3/b4-3+,10-9+/t12-,13+,14+,15+,16-,17-/m1/s1. The van der Waals surface area contributed by atoms with Crippen LogP contribution in [0.15, 0.2) is 23.8 Å². The number of aliphatic hydroxyl groups is 2. The van der Waals surface area contributed by atoms with Crippen molar-refractivity contribution in [2.45, 2.75) is 69.1 Å². The van der Waals surface area contributed by atoms with E-state index < -0.39 is 11.7 Å². The highest BCUT2D eigenvalue weighted by molar-refractivity contribution is 5.27. The van der Waals surface area contributed by atoms with Crippen LogP contribution in [0.4, 0.5) is 0 Å². The van der Waals surface area contributed by atoms with Crippen molar-refractivity contribution in [3.8, 4) is 0 Å². The van der Waals surface area contributed by atoms with E-state index in [9.17, 15) is 10.2 Å². The van der Waals surface area contributed by atoms with Crippen LogP contribution in [0.3, 0.4) is 0 Å². The number of epoxide rings is 1. The second-order valence-corrected chi connectivity index (χ2v) is 7.38. The van der Waals surface area contributed by atoms with Gasteiger partial charge in [0.05, 0.1) is 18.2 Å². The molecule has 0 amide bonds. The van der Waals surface area contributed by atoms with Gasteiger partial charge in [-0.05, 0) is 39.0 Å². The lowest BCUT2D eigenvalue weighted by Gasteiger charge is -2.33. The van der Waals surface area contributed by atoms with E-state index >= 15 is 0 Å². The highest BCUT2D eigenvalue weighted by atomic mass is 16.6. The van der Waals surface area contributed by atoms with Gasteiger partial charge in [0.25, 0.3) is 0 Å². The zero-order valence-electron chi connectivity index (χ0n) is 12.8. The van der Waals surface area contributed by atoms with E-state index in [-0.39, 0.29) is 18.2 Å². The molecule has 4 rings (SSSR count). The topological polar surface area (TPSA) is 56.2 Å². The number of nitrogens with zero attached hydrogens (tertiary/aromatic N) is 1. The van der Waals surface area contributed by atoms with Crippen molar-refractivity contribution >= 4 is 0 Å². The van der Waals surface area contributed by atoms with Crippen LogP contribution >= 0.6 is 0 Å². The van der Waals surface area contributed by atoms with Crippen molar-refractivity contribution < 1.29 is 14.9 Å². The molecule has 0 bridgehead atoms. The number of piperidine rings is 1. The molecule has 3 heterocycles. The van der Waals surface area contributed by atoms with E-state index in [1.807, 2.05) is 0 Å². The summed E-state index contributed by atoms with van der Waals surface area (Å²) in [4.78, 5) is 2.24. The van der Waals surface area contributed by atoms with E-state index in [2.05, 4.69) is 30.1 Å². The average Bonchev–Trinajstić information content (AvgIpc) is 3.33. The number of rotatable bonds is 3. The summed E-state index contributed by atoms with van der Waals surface area (Å²) in [5.74, 6) is 0.758. The smallest absolute Gasteiger partial charge is 0.108 e. The molecule has 0 unspecified atom stereocenters. The molecule has 4 nitrogen and oxygen atoms in total. The molecule has 0 radical (unpaired) electrons. The first kappa shape index (κ1) is 13.9. The van der Waals surface area contributed by atoms with Crippen LogP contribution in [0, 0.1) is 5.92 Å². The molecule has 0 spiro atoms. The van der Waals surface area contributed by atoms with Gasteiger partial charge in [0.2, 0.25) is 0 Å². The lowest BCUT2D eigenvalue weighted by molar-refractivity contribution is -0.0587. The predicted molar refractivity (Wildman–Crippen MR) is 79.8 cm³/mol. The molecule has 4 fully saturated rings. The monoisotopic (exact) mass is 291 g/mol. The van der Waals surface area contributed by atoms with Crippen molar-refractivity contribution in [2.75, 3.05) is 6.54 Å². The first-order valence-electron chi connectivity index (χ1n) is 8.17. The van der Waals surface area contributed by atoms with Gasteiger partial charge in [-0.25, -0.2) is 0 Å². The Labute approximate surface area is 126 Å². The van der Waals surface area contributed by atoms with Gasteiger partial charge in [-0.1, -0.05) is 23.8 Å². The fourth-order valence-electron chi connectivity index (χ4n) is 4.06. The fourth-order valence-corrected chi connectivity index (χ4v) is 4.06. The molecule has 1 aliphatic carbocycles. The molecule has 4 aliphatic rings. The Balaban J connectivity index is 1.57. The number of ether oxygens (including phenoxy) is 1. The van der Waals surface area contributed by atoms with Gasteiger partial charge in [0.15, 0.2) is 0 Å². The number of fused-ring (bicyclic) bond motifs is 3. The predicted octanol–water partition coefficient (Wildman–Crippen LogP) is 1.23. The lowest BCUT2D eigenvalue weighted by Crippen LogP contribution is -2.52. The van der Waals surface area contributed by atoms with Gasteiger partial charge in [0, 0.05) is 6.54 Å². The van der Waals surface area contributed by atoms with Crippen LogP contribution in [-0.4, -0.2) is 57.7 Å². The van der Waals surface area contributed by atoms with Crippen molar-refractivity contribution in [2.24, 2.45) is 5.92 Å². The summed E-state index contributed by atoms with van der Waals surface area (Å²) < 4.78 is 5.67. The Hall–Kier alpha value is -0.680. The Kier molecular flexibility index (Phi) is 3.09. The maximum absolute atomic E-state index is 10.7. The van der Waals surface area contributed by atoms with Crippen LogP contribution in [0.25, 0.3) is 0 Å². The number of aliphatic hydroxyl groups excluding tert-OH is 1. The molecule has 3 aliphatic heterocycles. The quantitative estimate of drug-likeness (QED) is 0.607. The molecule has 0 aromatic carbocycles. The molecule has 2 N–H and O–H groups in total. The Morgan fingerprint density at radius 3 is 2.81 bits per heavy atom. The summed E-state index contributed by atoms with van der Waals surface area (Å²) in [6.07, 6.45) is 9.79. The summed E-state index contributed by atoms with van der Waals surface area (Å²) in [7, 11) is 0. The Morgan fingerprint density at radius 1 is 1.33 bits per heavy atom. The largest absolute Gasteiger partial charge is 0.388 e. The van der Waals surface area contributed by atoms with E-state index in [1.54, 1.807) is 6.92 Å². The normalized spacial score (nSPS) is 50.3. The van der Waals surface area contributed by atoms with Crippen molar-refractivity contribution in [1.82, 2.24) is 4.90 Å². The third-order valence-corrected chi connectivity index (χ3v) is 5.55.